The van der Waals surface area contributed by atoms with Crippen molar-refractivity contribution >= 4 is 59.6 Å². The largest absolute Gasteiger partial charge is 0.308 e. The first-order valence-corrected chi connectivity index (χ1v) is 16.6. The van der Waals surface area contributed by atoms with E-state index in [4.69, 9.17) is 0 Å². The molecule has 0 aliphatic rings. The zero-order valence-electron chi connectivity index (χ0n) is 27.1. The Labute approximate surface area is 270 Å². The van der Waals surface area contributed by atoms with Crippen LogP contribution in [0.3, 0.4) is 0 Å². The summed E-state index contributed by atoms with van der Waals surface area (Å²) in [6.07, 6.45) is 0. The van der Waals surface area contributed by atoms with Crippen molar-refractivity contribution in [3.63, 3.8) is 0 Å². The summed E-state index contributed by atoms with van der Waals surface area (Å²) >= 11 is 0. The second-order valence-corrected chi connectivity index (χ2v) is 13.9. The Balaban J connectivity index is 1.44. The summed E-state index contributed by atoms with van der Waals surface area (Å²) in [4.78, 5) is 0. The van der Waals surface area contributed by atoms with Gasteiger partial charge in [0, 0.05) is 21.5 Å². The Morgan fingerprint density at radius 2 is 1.00 bits per heavy atom. The first kappa shape index (κ1) is 27.2. The molecule has 0 aliphatic carbocycles. The lowest BCUT2D eigenvalue weighted by Crippen LogP contribution is -1.88. The van der Waals surface area contributed by atoms with Crippen molar-refractivity contribution in [2.24, 2.45) is 0 Å². The Morgan fingerprint density at radius 3 is 1.54 bits per heavy atom. The highest BCUT2D eigenvalue weighted by molar-refractivity contribution is 6.27. The van der Waals surface area contributed by atoms with Gasteiger partial charge in [0.25, 0.3) is 0 Å². The summed E-state index contributed by atoms with van der Waals surface area (Å²) in [5, 5.41) is 10.5. The molecule has 1 heteroatoms. The molecule has 0 saturated carbocycles. The average molecular weight is 592 g/mol. The van der Waals surface area contributed by atoms with Crippen molar-refractivity contribution in [3.05, 3.63) is 138 Å². The van der Waals surface area contributed by atoms with E-state index in [9.17, 15) is 0 Å². The third-order valence-corrected chi connectivity index (χ3v) is 10.3. The van der Waals surface area contributed by atoms with Gasteiger partial charge in [-0.2, -0.15) is 0 Å². The van der Waals surface area contributed by atoms with Gasteiger partial charge in [-0.1, -0.05) is 118 Å². The number of hydrogen-bond acceptors (Lipinski definition) is 0. The molecule has 0 aliphatic heterocycles. The fourth-order valence-electron chi connectivity index (χ4n) is 7.71. The second-order valence-electron chi connectivity index (χ2n) is 13.9. The molecule has 0 fully saturated rings. The van der Waals surface area contributed by atoms with Gasteiger partial charge in [-0.05, 0) is 110 Å². The maximum Gasteiger partial charge on any atom is 0.0620 e. The molecular weight excluding hydrogens is 555 g/mol. The maximum atomic E-state index is 2.54. The van der Waals surface area contributed by atoms with Gasteiger partial charge in [-0.25, -0.2) is 0 Å². The summed E-state index contributed by atoms with van der Waals surface area (Å²) in [5.41, 5.74) is 13.0. The Kier molecular flexibility index (Phi) is 5.87. The number of aryl methyl sites for hydroxylation is 1. The van der Waals surface area contributed by atoms with Gasteiger partial charge in [-0.15, -0.1) is 0 Å². The van der Waals surface area contributed by atoms with Crippen LogP contribution in [-0.4, -0.2) is 4.40 Å². The average Bonchev–Trinajstić information content (AvgIpc) is 3.56. The van der Waals surface area contributed by atoms with Crippen LogP contribution in [0.5, 0.6) is 0 Å². The first-order valence-electron chi connectivity index (χ1n) is 16.6. The van der Waals surface area contributed by atoms with Crippen LogP contribution in [-0.2, 0) is 0 Å². The van der Waals surface area contributed by atoms with E-state index in [1.165, 1.54) is 98.6 Å². The predicted molar refractivity (Wildman–Crippen MR) is 200 cm³/mol. The normalized spacial score (nSPS) is 12.4. The summed E-state index contributed by atoms with van der Waals surface area (Å²) < 4.78 is 2.54. The number of benzene rings is 7. The van der Waals surface area contributed by atoms with Crippen molar-refractivity contribution in [1.29, 1.82) is 0 Å². The molecule has 0 N–H and O–H groups in total. The molecule has 9 aromatic rings. The highest BCUT2D eigenvalue weighted by Gasteiger charge is 2.21. The third-order valence-electron chi connectivity index (χ3n) is 10.3. The quantitative estimate of drug-likeness (QED) is 0.192. The molecule has 46 heavy (non-hydrogen) atoms. The predicted octanol–water partition coefficient (Wildman–Crippen LogP) is 13.0. The van der Waals surface area contributed by atoms with Crippen LogP contribution < -0.4 is 0 Å². The van der Waals surface area contributed by atoms with Crippen LogP contribution in [0.25, 0.3) is 81.9 Å². The van der Waals surface area contributed by atoms with Crippen LogP contribution in [0.1, 0.15) is 56.2 Å². The van der Waals surface area contributed by atoms with E-state index in [1.54, 1.807) is 0 Å². The lowest BCUT2D eigenvalue weighted by Gasteiger charge is -2.13. The molecule has 0 amide bonds. The van der Waals surface area contributed by atoms with E-state index >= 15 is 0 Å². The number of nitrogens with zero attached hydrogens (tertiary/aromatic N) is 1. The van der Waals surface area contributed by atoms with Crippen LogP contribution in [0, 0.1) is 6.92 Å². The van der Waals surface area contributed by atoms with Gasteiger partial charge < -0.3 is 4.40 Å². The van der Waals surface area contributed by atoms with Crippen LogP contribution in [0.4, 0.5) is 0 Å². The van der Waals surface area contributed by atoms with Crippen molar-refractivity contribution < 1.29 is 0 Å². The summed E-state index contributed by atoms with van der Waals surface area (Å²) in [5.74, 6) is 0.987. The fraction of sp³-hybridized carbons (Fsp3) is 0.156. The van der Waals surface area contributed by atoms with E-state index in [-0.39, 0.29) is 0 Å². The lowest BCUT2D eigenvalue weighted by molar-refractivity contribution is 0.869. The van der Waals surface area contributed by atoms with Crippen LogP contribution in [0.2, 0.25) is 0 Å². The molecule has 0 unspecified atom stereocenters. The summed E-state index contributed by atoms with van der Waals surface area (Å²) in [6, 6.07) is 46.4. The van der Waals surface area contributed by atoms with Gasteiger partial charge in [0.05, 0.1) is 16.6 Å². The molecular formula is C45H37N. The second kappa shape index (κ2) is 9.93. The molecule has 0 atom stereocenters. The van der Waals surface area contributed by atoms with Crippen LogP contribution in [0.15, 0.2) is 121 Å². The zero-order valence-corrected chi connectivity index (χ0v) is 27.1. The van der Waals surface area contributed by atoms with Crippen LogP contribution >= 0.6 is 0 Å². The van der Waals surface area contributed by atoms with Gasteiger partial charge in [0.1, 0.15) is 0 Å². The first-order chi connectivity index (χ1) is 22.3. The van der Waals surface area contributed by atoms with E-state index in [2.05, 4.69) is 160 Å². The van der Waals surface area contributed by atoms with Crippen molar-refractivity contribution in [2.45, 2.75) is 46.5 Å². The highest BCUT2D eigenvalue weighted by Crippen LogP contribution is 2.45. The summed E-state index contributed by atoms with van der Waals surface area (Å²) in [6.45, 7) is 11.3. The number of fused-ring (bicyclic) bond motifs is 8. The number of aromatic nitrogens is 1. The molecule has 2 heterocycles. The molecule has 0 radical (unpaired) electrons. The summed E-state index contributed by atoms with van der Waals surface area (Å²) in [7, 11) is 0. The minimum Gasteiger partial charge on any atom is -0.308 e. The fourth-order valence-corrected chi connectivity index (χ4v) is 7.71. The smallest absolute Gasteiger partial charge is 0.0620 e. The van der Waals surface area contributed by atoms with Gasteiger partial charge in [0.2, 0.25) is 0 Å². The molecule has 222 valence electrons. The highest BCUT2D eigenvalue weighted by atomic mass is 14.9. The van der Waals surface area contributed by atoms with E-state index in [1.807, 2.05) is 0 Å². The van der Waals surface area contributed by atoms with E-state index in [0.29, 0.717) is 11.8 Å². The van der Waals surface area contributed by atoms with E-state index < -0.39 is 0 Å². The standard InChI is InChI=1S/C45H37N/c1-26(2)30-12-14-32-24-43-39(20-34(32)18-30)41-22-36(37-16-11-28(5)17-38(37)29-9-7-6-8-10-29)23-42-40-21-35-19-31(27(3)4)13-15-33(35)25-44(40)46(43)45(41)42/h6-27H,1-5H3. The van der Waals surface area contributed by atoms with Gasteiger partial charge >= 0.3 is 0 Å². The lowest BCUT2D eigenvalue weighted by atomic mass is 9.91. The SMILES string of the molecule is Cc1ccc(-c2cc3c4cc5cc(C(C)C)ccc5cc4n4c5cc6ccc(C(C)C)cc6cc5c(c2)c34)c(-c2ccccc2)c1. The zero-order chi connectivity index (χ0) is 31.3. The van der Waals surface area contributed by atoms with Crippen molar-refractivity contribution in [2.75, 3.05) is 0 Å². The van der Waals surface area contributed by atoms with Gasteiger partial charge in [0.15, 0.2) is 0 Å². The Bertz CT molecular complexity index is 2500. The molecule has 9 rings (SSSR count). The molecule has 7 aromatic carbocycles. The number of rotatable bonds is 4. The van der Waals surface area contributed by atoms with Crippen molar-refractivity contribution in [1.82, 2.24) is 4.40 Å². The van der Waals surface area contributed by atoms with E-state index in [0.717, 1.165) is 0 Å². The maximum absolute atomic E-state index is 2.54. The monoisotopic (exact) mass is 591 g/mol. The molecule has 2 aromatic heterocycles. The molecule has 0 spiro atoms. The topological polar surface area (TPSA) is 4.41 Å². The number of hydrogen-bond donors (Lipinski definition) is 0. The third kappa shape index (κ3) is 4.01. The molecule has 1 nitrogen and oxygen atoms in total. The minimum absolute atomic E-state index is 0.493. The Hall–Kier alpha value is -5.14. The minimum atomic E-state index is 0.493. The molecule has 0 bridgehead atoms. The molecule has 0 saturated heterocycles. The Morgan fingerprint density at radius 1 is 0.435 bits per heavy atom. The van der Waals surface area contributed by atoms with Crippen molar-refractivity contribution in [3.8, 4) is 22.3 Å². The van der Waals surface area contributed by atoms with Gasteiger partial charge in [-0.3, -0.25) is 0 Å².